The van der Waals surface area contributed by atoms with Crippen LogP contribution in [0.3, 0.4) is 0 Å². The Hall–Kier alpha value is -3.77. The first-order valence-corrected chi connectivity index (χ1v) is 12.5. The lowest BCUT2D eigenvalue weighted by Crippen LogP contribution is -2.34. The number of amides is 1. The molecule has 10 nitrogen and oxygen atoms in total. The lowest BCUT2D eigenvalue weighted by molar-refractivity contribution is 0.0977. The van der Waals surface area contributed by atoms with Crippen molar-refractivity contribution < 1.29 is 22.7 Å². The van der Waals surface area contributed by atoms with Crippen molar-refractivity contribution in [2.24, 2.45) is 0 Å². The van der Waals surface area contributed by atoms with E-state index in [-0.39, 0.29) is 27.8 Å². The number of nitrogens with zero attached hydrogens (tertiary/aromatic N) is 2. The summed E-state index contributed by atoms with van der Waals surface area (Å²) in [5.41, 5.74) is 0.877. The largest absolute Gasteiger partial charge is 0.491 e. The fourth-order valence-electron chi connectivity index (χ4n) is 2.81. The highest BCUT2D eigenvalue weighted by Gasteiger charge is 2.18. The second-order valence-corrected chi connectivity index (χ2v) is 9.41. The zero-order chi connectivity index (χ0) is 25.4. The van der Waals surface area contributed by atoms with Crippen molar-refractivity contribution >= 4 is 44.8 Å². The van der Waals surface area contributed by atoms with Gasteiger partial charge < -0.3 is 14.8 Å². The van der Waals surface area contributed by atoms with Gasteiger partial charge in [0.25, 0.3) is 21.8 Å². The number of carbonyl (C=O) groups is 1. The predicted octanol–water partition coefficient (Wildman–Crippen LogP) is 3.59. The summed E-state index contributed by atoms with van der Waals surface area (Å²) < 4.78 is 38.4. The number of carbonyl (C=O) groups excluding carboxylic acids is 1. The summed E-state index contributed by atoms with van der Waals surface area (Å²) in [5.74, 6) is 0.209. The molecule has 1 aromatic heterocycles. The third-order valence-corrected chi connectivity index (χ3v) is 6.31. The smallest absolute Gasteiger partial charge is 0.263 e. The maximum Gasteiger partial charge on any atom is 0.263 e. The fourth-order valence-corrected chi connectivity index (χ4v) is 4.03. The molecular weight excluding hydrogens is 490 g/mol. The van der Waals surface area contributed by atoms with Crippen LogP contribution in [0.15, 0.2) is 65.8 Å². The molecule has 3 aromatic rings. The Labute approximate surface area is 209 Å². The molecule has 1 heterocycles. The summed E-state index contributed by atoms with van der Waals surface area (Å²) >= 11 is 5.22. The summed E-state index contributed by atoms with van der Waals surface area (Å²) in [4.78, 5) is 20.4. The van der Waals surface area contributed by atoms with Crippen LogP contribution in [0.25, 0.3) is 0 Å². The molecule has 3 N–H and O–H groups in total. The highest BCUT2D eigenvalue weighted by Crippen LogP contribution is 2.22. The van der Waals surface area contributed by atoms with Crippen LogP contribution in [0.2, 0.25) is 0 Å². The minimum Gasteiger partial charge on any atom is -0.491 e. The van der Waals surface area contributed by atoms with E-state index in [1.165, 1.54) is 43.8 Å². The lowest BCUT2D eigenvalue weighted by Gasteiger charge is -2.14. The molecule has 0 aliphatic carbocycles. The van der Waals surface area contributed by atoms with Gasteiger partial charge in [-0.2, -0.15) is 0 Å². The van der Waals surface area contributed by atoms with E-state index in [9.17, 15) is 13.2 Å². The molecule has 0 radical (unpaired) electrons. The van der Waals surface area contributed by atoms with E-state index in [4.69, 9.17) is 21.7 Å². The third-order valence-electron chi connectivity index (χ3n) is 4.75. The number of nitrogens with one attached hydrogen (secondary N) is 3. The second kappa shape index (κ2) is 11.6. The van der Waals surface area contributed by atoms with Crippen LogP contribution in [0.1, 0.15) is 30.6 Å². The van der Waals surface area contributed by atoms with Crippen LogP contribution < -0.4 is 24.8 Å². The van der Waals surface area contributed by atoms with E-state index in [1.54, 1.807) is 24.3 Å². The average Bonchev–Trinajstić information content (AvgIpc) is 2.84. The molecule has 12 heteroatoms. The Morgan fingerprint density at radius 2 is 1.83 bits per heavy atom. The van der Waals surface area contributed by atoms with Crippen molar-refractivity contribution in [1.29, 1.82) is 0 Å². The van der Waals surface area contributed by atoms with Gasteiger partial charge in [0.1, 0.15) is 5.75 Å². The average molecular weight is 516 g/mol. The summed E-state index contributed by atoms with van der Waals surface area (Å²) in [6.45, 7) is 3.96. The SMILES string of the molecule is CCC(C)Oc1cccc(C(=O)NC(=S)Nc2ccc(S(=O)(=O)Nc3nccnc3OC)cc2)c1. The summed E-state index contributed by atoms with van der Waals surface area (Å²) in [6, 6.07) is 12.6. The molecule has 184 valence electrons. The zero-order valence-corrected chi connectivity index (χ0v) is 20.9. The van der Waals surface area contributed by atoms with E-state index in [1.807, 2.05) is 13.8 Å². The first kappa shape index (κ1) is 25.8. The molecule has 1 amide bonds. The molecule has 0 saturated carbocycles. The van der Waals surface area contributed by atoms with Crippen molar-refractivity contribution in [3.8, 4) is 11.6 Å². The highest BCUT2D eigenvalue weighted by molar-refractivity contribution is 7.92. The number of rotatable bonds is 9. The minimum absolute atomic E-state index is 0.0103. The quantitative estimate of drug-likeness (QED) is 0.366. The maximum absolute atomic E-state index is 12.7. The van der Waals surface area contributed by atoms with Gasteiger partial charge in [-0.3, -0.25) is 14.8 Å². The molecule has 2 aromatic carbocycles. The maximum atomic E-state index is 12.7. The van der Waals surface area contributed by atoms with E-state index < -0.39 is 15.9 Å². The Bertz CT molecular complexity index is 1300. The van der Waals surface area contributed by atoms with Gasteiger partial charge in [0.05, 0.1) is 18.1 Å². The number of anilines is 2. The van der Waals surface area contributed by atoms with Gasteiger partial charge in [-0.15, -0.1) is 0 Å². The molecule has 35 heavy (non-hydrogen) atoms. The highest BCUT2D eigenvalue weighted by atomic mass is 32.2. The first-order valence-electron chi connectivity index (χ1n) is 10.6. The molecule has 0 aliphatic rings. The van der Waals surface area contributed by atoms with E-state index in [0.29, 0.717) is 17.0 Å². The molecule has 1 atom stereocenters. The number of methoxy groups -OCH3 is 1. The number of ether oxygens (including phenoxy) is 2. The van der Waals surface area contributed by atoms with Crippen molar-refractivity contribution in [2.75, 3.05) is 17.1 Å². The Balaban J connectivity index is 1.62. The van der Waals surface area contributed by atoms with Crippen molar-refractivity contribution in [1.82, 2.24) is 15.3 Å². The number of hydrogen-bond donors (Lipinski definition) is 3. The fraction of sp³-hybridized carbons (Fsp3) is 0.217. The zero-order valence-electron chi connectivity index (χ0n) is 19.3. The number of sulfonamides is 1. The van der Waals surface area contributed by atoms with Crippen molar-refractivity contribution in [3.63, 3.8) is 0 Å². The van der Waals surface area contributed by atoms with Gasteiger partial charge in [0.2, 0.25) is 5.82 Å². The third kappa shape index (κ3) is 7.11. The van der Waals surface area contributed by atoms with Crippen LogP contribution >= 0.6 is 12.2 Å². The molecule has 1 unspecified atom stereocenters. The summed E-state index contributed by atoms with van der Waals surface area (Å²) in [5, 5.41) is 5.51. The Kier molecular flexibility index (Phi) is 8.55. The molecule has 0 saturated heterocycles. The van der Waals surface area contributed by atoms with Crippen LogP contribution in [-0.4, -0.2) is 42.6 Å². The monoisotopic (exact) mass is 515 g/mol. The predicted molar refractivity (Wildman–Crippen MR) is 136 cm³/mol. The lowest BCUT2D eigenvalue weighted by atomic mass is 10.2. The molecule has 3 rings (SSSR count). The van der Waals surface area contributed by atoms with Gasteiger partial charge in [-0.05, 0) is 68.0 Å². The van der Waals surface area contributed by atoms with Gasteiger partial charge >= 0.3 is 0 Å². The van der Waals surface area contributed by atoms with Gasteiger partial charge in [0, 0.05) is 23.6 Å². The summed E-state index contributed by atoms with van der Waals surface area (Å²) in [6.07, 6.45) is 3.60. The molecule has 0 fully saturated rings. The van der Waals surface area contributed by atoms with Gasteiger partial charge in [0.15, 0.2) is 5.11 Å². The van der Waals surface area contributed by atoms with E-state index in [2.05, 4.69) is 25.3 Å². The Morgan fingerprint density at radius 3 is 2.51 bits per heavy atom. The second-order valence-electron chi connectivity index (χ2n) is 7.32. The molecule has 0 aliphatic heterocycles. The van der Waals surface area contributed by atoms with E-state index >= 15 is 0 Å². The Morgan fingerprint density at radius 1 is 1.11 bits per heavy atom. The van der Waals surface area contributed by atoms with Crippen LogP contribution in [0, 0.1) is 0 Å². The number of thiocarbonyl (C=S) groups is 1. The summed E-state index contributed by atoms with van der Waals surface area (Å²) in [7, 11) is -2.57. The molecule has 0 bridgehead atoms. The van der Waals surface area contributed by atoms with Crippen LogP contribution in [0.5, 0.6) is 11.6 Å². The van der Waals surface area contributed by atoms with Crippen LogP contribution in [-0.2, 0) is 10.0 Å². The molecular formula is C23H25N5O5S2. The topological polar surface area (TPSA) is 132 Å². The number of benzene rings is 2. The van der Waals surface area contributed by atoms with E-state index in [0.717, 1.165) is 6.42 Å². The number of hydrogen-bond acceptors (Lipinski definition) is 8. The molecule has 0 spiro atoms. The normalized spacial score (nSPS) is 11.7. The number of aromatic nitrogens is 2. The van der Waals surface area contributed by atoms with Gasteiger partial charge in [-0.25, -0.2) is 18.4 Å². The standard InChI is InChI=1S/C23H25N5O5S2/c1-4-15(2)33-18-7-5-6-16(14-18)21(29)27-23(34)26-17-8-10-19(11-9-17)35(30,31)28-20-22(32-3)25-13-12-24-20/h5-15H,4H2,1-3H3,(H,24,28)(H2,26,27,29,34). The first-order chi connectivity index (χ1) is 16.7. The van der Waals surface area contributed by atoms with Gasteiger partial charge in [-0.1, -0.05) is 13.0 Å². The van der Waals surface area contributed by atoms with Crippen molar-refractivity contribution in [2.45, 2.75) is 31.3 Å². The van der Waals surface area contributed by atoms with Crippen LogP contribution in [0.4, 0.5) is 11.5 Å². The van der Waals surface area contributed by atoms with Crippen molar-refractivity contribution in [3.05, 3.63) is 66.5 Å². The minimum atomic E-state index is -3.94.